The summed E-state index contributed by atoms with van der Waals surface area (Å²) in [6.07, 6.45) is -5.44. The largest absolute Gasteiger partial charge is 0.481 e. The minimum atomic E-state index is -5.58. The topological polar surface area (TPSA) is 384 Å². The number of hydrogen-bond acceptors (Lipinski definition) is 19. The minimum absolute atomic E-state index is 0.0144. The number of anilines is 1. The molecule has 0 bridgehead atoms. The minimum Gasteiger partial charge on any atom is -0.393 e. The molecule has 0 saturated carbocycles. The van der Waals surface area contributed by atoms with Crippen LogP contribution in [0.1, 0.15) is 59.1 Å². The van der Waals surface area contributed by atoms with Crippen molar-refractivity contribution in [2.24, 2.45) is 5.41 Å². The van der Waals surface area contributed by atoms with Gasteiger partial charge in [-0.05, 0) is 6.42 Å². The van der Waals surface area contributed by atoms with Gasteiger partial charge in [-0.1, -0.05) is 45.4 Å². The fourth-order valence-electron chi connectivity index (χ4n) is 5.09. The molecule has 2 aromatic heterocycles. The number of hydrogen-bond donors (Lipinski definition) is 10. The van der Waals surface area contributed by atoms with E-state index in [4.69, 9.17) is 19.5 Å². The zero-order valence-corrected chi connectivity index (χ0v) is 34.4. The molecule has 0 spiro atoms. The van der Waals surface area contributed by atoms with Gasteiger partial charge in [0.1, 0.15) is 36.3 Å². The number of aliphatic hydroxyl groups excluding tert-OH is 3. The number of amides is 2. The molecule has 11 N–H and O–H groups in total. The van der Waals surface area contributed by atoms with E-state index in [1.54, 1.807) is 0 Å². The van der Waals surface area contributed by atoms with Crippen LogP contribution in [0.2, 0.25) is 0 Å². The maximum absolute atomic E-state index is 12.7. The lowest BCUT2D eigenvalue weighted by Gasteiger charge is -2.30. The van der Waals surface area contributed by atoms with Gasteiger partial charge in [-0.25, -0.2) is 28.6 Å². The van der Waals surface area contributed by atoms with E-state index in [0.29, 0.717) is 6.42 Å². The Hall–Kier alpha value is -2.48. The standard InChI is InChI=1S/C28H48N7O18P3S/c1-4-5-6-16(36)11-19(38)57-10-9-30-18(37)7-8-31-26(41)23(40)28(2,3)13-50-56(47,48)53-55(45,46)49-12-17-22(52-54(42,43)44)21(39)27(51-17)35-15-34-20-24(29)32-14-33-25(20)35/h14-17,21-23,27,36,39-40H,4-13H2,1-3H3,(H,30,37)(H,31,41)(H,45,46)(H,47,48)(H2,29,32,33)(H2,42,43,44)/t16-,17+,21+,22+,23-,27+/m0/s1. The zero-order chi connectivity index (χ0) is 42.8. The lowest BCUT2D eigenvalue weighted by atomic mass is 9.87. The van der Waals surface area contributed by atoms with Gasteiger partial charge in [0.2, 0.25) is 11.8 Å². The summed E-state index contributed by atoms with van der Waals surface area (Å²) < 4.78 is 62.1. The number of ether oxygens (including phenoxy) is 1. The van der Waals surface area contributed by atoms with Crippen molar-refractivity contribution in [3.05, 3.63) is 12.7 Å². The number of rotatable bonds is 24. The molecule has 2 aromatic rings. The molecule has 1 fully saturated rings. The number of phosphoric ester groups is 3. The molecule has 29 heteroatoms. The summed E-state index contributed by atoms with van der Waals surface area (Å²) in [6.45, 7) is 2.35. The van der Waals surface area contributed by atoms with Crippen LogP contribution in [-0.4, -0.2) is 134 Å². The number of aromatic nitrogens is 4. The van der Waals surface area contributed by atoms with Crippen LogP contribution in [0.25, 0.3) is 11.2 Å². The van der Waals surface area contributed by atoms with Crippen molar-refractivity contribution >= 4 is 69.1 Å². The van der Waals surface area contributed by atoms with Crippen LogP contribution in [0.4, 0.5) is 5.82 Å². The maximum atomic E-state index is 12.7. The lowest BCUT2D eigenvalue weighted by molar-refractivity contribution is -0.137. The van der Waals surface area contributed by atoms with Gasteiger partial charge in [0, 0.05) is 37.1 Å². The first-order valence-corrected chi connectivity index (χ1v) is 22.7. The number of carbonyl (C=O) groups is 3. The van der Waals surface area contributed by atoms with Gasteiger partial charge in [0.05, 0.1) is 25.6 Å². The average Bonchev–Trinajstić information content (AvgIpc) is 3.67. The molecule has 1 saturated heterocycles. The molecule has 0 radical (unpaired) electrons. The number of nitrogen functional groups attached to an aromatic ring is 1. The van der Waals surface area contributed by atoms with Crippen LogP contribution in [0.15, 0.2) is 12.7 Å². The van der Waals surface area contributed by atoms with E-state index in [1.807, 2.05) is 6.92 Å². The molecule has 0 aromatic carbocycles. The second-order valence-electron chi connectivity index (χ2n) is 13.3. The Kier molecular flexibility index (Phi) is 18.2. The molecule has 1 aliphatic heterocycles. The number of fused-ring (bicyclic) bond motifs is 1. The Balaban J connectivity index is 1.46. The Morgan fingerprint density at radius 1 is 1.05 bits per heavy atom. The molecular weight excluding hydrogens is 847 g/mol. The predicted octanol–water partition coefficient (Wildman–Crippen LogP) is -0.394. The molecule has 324 valence electrons. The molecule has 1 aliphatic rings. The number of phosphoric acid groups is 3. The molecule has 2 unspecified atom stereocenters. The Bertz CT molecular complexity index is 1830. The molecule has 3 heterocycles. The van der Waals surface area contributed by atoms with Gasteiger partial charge < -0.3 is 56.0 Å². The zero-order valence-electron chi connectivity index (χ0n) is 30.9. The Morgan fingerprint density at radius 2 is 1.74 bits per heavy atom. The fourth-order valence-corrected chi connectivity index (χ4v) is 8.66. The van der Waals surface area contributed by atoms with Gasteiger partial charge in [0.25, 0.3) is 0 Å². The fraction of sp³-hybridized carbons (Fsp3) is 0.714. The SMILES string of the molecule is CCCC[C@H](O)CC(=O)SCCNC(=O)CCNC(=O)[C@H](O)C(C)(C)COP(=O)(O)OP(=O)(O)OC[C@H]1O[C@@H](n2cnc3c(N)ncnc32)[C@H](O)[C@@H]1OP(=O)(O)O. The highest BCUT2D eigenvalue weighted by Crippen LogP contribution is 2.61. The van der Waals surface area contributed by atoms with E-state index in [2.05, 4.69) is 34.4 Å². The highest BCUT2D eigenvalue weighted by molar-refractivity contribution is 8.13. The number of carbonyl (C=O) groups excluding carboxylic acids is 3. The Morgan fingerprint density at radius 3 is 2.40 bits per heavy atom. The van der Waals surface area contributed by atoms with Crippen LogP contribution < -0.4 is 16.4 Å². The van der Waals surface area contributed by atoms with Crippen molar-refractivity contribution in [2.75, 3.05) is 37.8 Å². The lowest BCUT2D eigenvalue weighted by Crippen LogP contribution is -2.46. The number of thioether (sulfide) groups is 1. The summed E-state index contributed by atoms with van der Waals surface area (Å²) in [5, 5.41) is 35.9. The number of aliphatic hydroxyl groups is 3. The van der Waals surface area contributed by atoms with Crippen molar-refractivity contribution in [1.29, 1.82) is 0 Å². The van der Waals surface area contributed by atoms with Crippen LogP contribution in [-0.2, 0) is 50.7 Å². The third-order valence-corrected chi connectivity index (χ3v) is 12.1. The molecule has 0 aliphatic carbocycles. The highest BCUT2D eigenvalue weighted by atomic mass is 32.2. The first-order chi connectivity index (χ1) is 26.4. The number of imidazole rings is 1. The smallest absolute Gasteiger partial charge is 0.393 e. The van der Waals surface area contributed by atoms with Gasteiger partial charge in [-0.2, -0.15) is 4.31 Å². The summed E-state index contributed by atoms with van der Waals surface area (Å²) in [7, 11) is -16.4. The molecule has 8 atom stereocenters. The van der Waals surface area contributed by atoms with Crippen molar-refractivity contribution < 1.29 is 85.6 Å². The highest BCUT2D eigenvalue weighted by Gasteiger charge is 2.50. The van der Waals surface area contributed by atoms with Gasteiger partial charge >= 0.3 is 23.5 Å². The van der Waals surface area contributed by atoms with E-state index in [9.17, 15) is 63.0 Å². The van der Waals surface area contributed by atoms with Crippen LogP contribution >= 0.6 is 35.2 Å². The second kappa shape index (κ2) is 21.2. The molecule has 25 nitrogen and oxygen atoms in total. The third kappa shape index (κ3) is 15.6. The van der Waals surface area contributed by atoms with Crippen LogP contribution in [0.5, 0.6) is 0 Å². The van der Waals surface area contributed by atoms with Crippen molar-refractivity contribution in [3.8, 4) is 0 Å². The van der Waals surface area contributed by atoms with Gasteiger partial charge in [-0.15, -0.1) is 0 Å². The quantitative estimate of drug-likeness (QED) is 0.0473. The van der Waals surface area contributed by atoms with E-state index < -0.39 is 90.7 Å². The van der Waals surface area contributed by atoms with E-state index >= 15 is 0 Å². The average molecular weight is 896 g/mol. The Labute approximate surface area is 329 Å². The number of nitrogens with zero attached hydrogens (tertiary/aromatic N) is 4. The monoisotopic (exact) mass is 895 g/mol. The van der Waals surface area contributed by atoms with E-state index in [0.717, 1.165) is 41.8 Å². The third-order valence-electron chi connectivity index (χ3n) is 8.06. The summed E-state index contributed by atoms with van der Waals surface area (Å²) in [5.74, 6) is -1.24. The van der Waals surface area contributed by atoms with Crippen LogP contribution in [0, 0.1) is 5.41 Å². The molecule has 2 amide bonds. The predicted molar refractivity (Wildman–Crippen MR) is 197 cm³/mol. The van der Waals surface area contributed by atoms with Crippen molar-refractivity contribution in [1.82, 2.24) is 30.2 Å². The number of nitrogens with two attached hydrogens (primary N) is 1. The van der Waals surface area contributed by atoms with Gasteiger partial charge in [0.15, 0.2) is 22.8 Å². The maximum Gasteiger partial charge on any atom is 0.481 e. The number of nitrogens with one attached hydrogen (secondary N) is 2. The second-order valence-corrected chi connectivity index (χ2v) is 18.7. The summed E-state index contributed by atoms with van der Waals surface area (Å²) in [6, 6.07) is 0. The molecule has 3 rings (SSSR count). The number of unbranched alkanes of at least 4 members (excludes halogenated alkanes) is 1. The summed E-state index contributed by atoms with van der Waals surface area (Å²) in [4.78, 5) is 87.5. The van der Waals surface area contributed by atoms with Gasteiger partial charge in [-0.3, -0.25) is 32.5 Å². The first kappa shape index (κ1) is 48.9. The summed E-state index contributed by atoms with van der Waals surface area (Å²) >= 11 is 0.972. The van der Waals surface area contributed by atoms with Crippen LogP contribution in [0.3, 0.4) is 0 Å². The van der Waals surface area contributed by atoms with E-state index in [1.165, 1.54) is 13.8 Å². The van der Waals surface area contributed by atoms with Crippen molar-refractivity contribution in [3.63, 3.8) is 0 Å². The molecular formula is C28H48N7O18P3S. The normalized spacial score (nSPS) is 22.1. The summed E-state index contributed by atoms with van der Waals surface area (Å²) in [5.41, 5.74) is 4.24. The molecule has 57 heavy (non-hydrogen) atoms. The van der Waals surface area contributed by atoms with Crippen molar-refractivity contribution in [2.45, 2.75) is 89.6 Å². The van der Waals surface area contributed by atoms with E-state index in [-0.39, 0.29) is 53.8 Å². The first-order valence-electron chi connectivity index (χ1n) is 17.2.